The first kappa shape index (κ1) is 14.0. The molecule has 0 radical (unpaired) electrons. The van der Waals surface area contributed by atoms with Crippen molar-refractivity contribution in [1.82, 2.24) is 10.1 Å². The summed E-state index contributed by atoms with van der Waals surface area (Å²) in [6.07, 6.45) is 6.65. The van der Waals surface area contributed by atoms with E-state index in [9.17, 15) is 0 Å². The molecule has 2 saturated carbocycles. The maximum atomic E-state index is 5.69. The lowest BCUT2D eigenvalue weighted by atomic mass is 9.93. The molecule has 3 heteroatoms. The van der Waals surface area contributed by atoms with E-state index in [4.69, 9.17) is 9.51 Å². The van der Waals surface area contributed by atoms with Crippen LogP contribution in [0.3, 0.4) is 0 Å². The third-order valence-corrected chi connectivity index (χ3v) is 6.06. The fraction of sp³-hybridized carbons (Fsp3) is 0.579. The summed E-state index contributed by atoms with van der Waals surface area (Å²) in [6, 6.07) is 10.1. The summed E-state index contributed by atoms with van der Waals surface area (Å²) < 4.78 is 5.69. The van der Waals surface area contributed by atoms with Crippen molar-refractivity contribution in [3.63, 3.8) is 0 Å². The Bertz CT molecular complexity index is 642. The average Bonchev–Trinajstić information content (AvgIpc) is 2.95. The number of rotatable bonds is 4. The van der Waals surface area contributed by atoms with Crippen LogP contribution in [0.1, 0.15) is 57.8 Å². The number of nitrogens with zero attached hydrogens (tertiary/aromatic N) is 2. The monoisotopic (exact) mass is 296 g/mol. The smallest absolute Gasteiger partial charge is 0.230 e. The third kappa shape index (κ3) is 2.02. The van der Waals surface area contributed by atoms with Gasteiger partial charge in [-0.3, -0.25) is 0 Å². The Labute approximate surface area is 132 Å². The molecular formula is C19H24N2O. The fourth-order valence-corrected chi connectivity index (χ4v) is 4.82. The minimum Gasteiger partial charge on any atom is -0.339 e. The molecule has 3 nitrogen and oxygen atoms in total. The summed E-state index contributed by atoms with van der Waals surface area (Å²) in [5.41, 5.74) is 1.51. The van der Waals surface area contributed by atoms with Gasteiger partial charge in [0, 0.05) is 11.5 Å². The molecule has 0 amide bonds. The van der Waals surface area contributed by atoms with Crippen LogP contribution in [0, 0.1) is 17.3 Å². The first-order valence-corrected chi connectivity index (χ1v) is 8.65. The van der Waals surface area contributed by atoms with Crippen molar-refractivity contribution in [3.8, 4) is 11.4 Å². The first-order chi connectivity index (χ1) is 10.8. The molecule has 0 aliphatic heterocycles. The van der Waals surface area contributed by atoms with Crippen LogP contribution in [-0.2, 0) is 0 Å². The molecule has 0 N–H and O–H groups in total. The molecule has 22 heavy (non-hydrogen) atoms. The summed E-state index contributed by atoms with van der Waals surface area (Å²) in [5, 5.41) is 4.24. The van der Waals surface area contributed by atoms with E-state index in [-0.39, 0.29) is 0 Å². The highest BCUT2D eigenvalue weighted by Crippen LogP contribution is 2.74. The zero-order valence-electron chi connectivity index (χ0n) is 13.5. The summed E-state index contributed by atoms with van der Waals surface area (Å²) >= 11 is 0. The highest BCUT2D eigenvalue weighted by atomic mass is 16.5. The van der Waals surface area contributed by atoms with Crippen molar-refractivity contribution in [2.24, 2.45) is 17.3 Å². The van der Waals surface area contributed by atoms with Gasteiger partial charge in [-0.2, -0.15) is 4.98 Å². The van der Waals surface area contributed by atoms with Crippen LogP contribution in [0.4, 0.5) is 0 Å². The predicted octanol–water partition coefficient (Wildman–Crippen LogP) is 5.06. The fourth-order valence-electron chi connectivity index (χ4n) is 4.82. The van der Waals surface area contributed by atoms with Crippen LogP contribution in [0.25, 0.3) is 11.4 Å². The van der Waals surface area contributed by atoms with Crippen molar-refractivity contribution in [2.45, 2.75) is 51.9 Å². The van der Waals surface area contributed by atoms with Gasteiger partial charge in [0.25, 0.3) is 0 Å². The van der Waals surface area contributed by atoms with Crippen LogP contribution in [0.2, 0.25) is 0 Å². The van der Waals surface area contributed by atoms with Gasteiger partial charge in [0.2, 0.25) is 11.7 Å². The van der Waals surface area contributed by atoms with Crippen LogP contribution < -0.4 is 0 Å². The Morgan fingerprint density at radius 2 is 1.95 bits per heavy atom. The molecule has 0 saturated heterocycles. The van der Waals surface area contributed by atoms with Crippen molar-refractivity contribution in [3.05, 3.63) is 36.2 Å². The number of hydrogen-bond acceptors (Lipinski definition) is 3. The first-order valence-electron chi connectivity index (χ1n) is 8.65. The summed E-state index contributed by atoms with van der Waals surface area (Å²) in [5.74, 6) is 3.60. The Kier molecular flexibility index (Phi) is 3.32. The molecule has 4 rings (SSSR count). The Balaban J connectivity index is 1.63. The zero-order valence-corrected chi connectivity index (χ0v) is 13.5. The van der Waals surface area contributed by atoms with E-state index >= 15 is 0 Å². The summed E-state index contributed by atoms with van der Waals surface area (Å²) in [6.45, 7) is 4.69. The van der Waals surface area contributed by atoms with Crippen molar-refractivity contribution in [2.75, 3.05) is 0 Å². The van der Waals surface area contributed by atoms with Crippen LogP contribution in [-0.4, -0.2) is 10.1 Å². The van der Waals surface area contributed by atoms with E-state index in [0.717, 1.165) is 29.1 Å². The van der Waals surface area contributed by atoms with E-state index in [1.165, 1.54) is 32.1 Å². The molecule has 1 heterocycles. The van der Waals surface area contributed by atoms with Crippen LogP contribution in [0.5, 0.6) is 0 Å². The minimum absolute atomic E-state index is 0.468. The van der Waals surface area contributed by atoms with Gasteiger partial charge >= 0.3 is 0 Å². The second-order valence-corrected chi connectivity index (χ2v) is 7.15. The molecule has 2 aromatic rings. The second-order valence-electron chi connectivity index (χ2n) is 7.15. The maximum absolute atomic E-state index is 5.69. The topological polar surface area (TPSA) is 38.9 Å². The molecule has 1 aromatic carbocycles. The summed E-state index contributed by atoms with van der Waals surface area (Å²) in [7, 11) is 0. The molecule has 3 unspecified atom stereocenters. The molecule has 1 spiro atoms. The standard InChI is InChI=1S/C19H24N2O/c1-3-13(2)15-16(19(15)11-7-8-12-19)18-20-17(21-22-18)14-9-5-4-6-10-14/h4-6,9-10,13,15-16H,3,7-8,11-12H2,1-2H3. The quantitative estimate of drug-likeness (QED) is 0.792. The lowest BCUT2D eigenvalue weighted by Gasteiger charge is -2.12. The van der Waals surface area contributed by atoms with Gasteiger partial charge in [0.15, 0.2) is 0 Å². The molecular weight excluding hydrogens is 272 g/mol. The Morgan fingerprint density at radius 1 is 1.23 bits per heavy atom. The van der Waals surface area contributed by atoms with Crippen molar-refractivity contribution < 1.29 is 4.52 Å². The van der Waals surface area contributed by atoms with Crippen LogP contribution >= 0.6 is 0 Å². The number of aromatic nitrogens is 2. The third-order valence-electron chi connectivity index (χ3n) is 6.06. The predicted molar refractivity (Wildman–Crippen MR) is 86.3 cm³/mol. The summed E-state index contributed by atoms with van der Waals surface area (Å²) in [4.78, 5) is 4.75. The van der Waals surface area contributed by atoms with Crippen molar-refractivity contribution >= 4 is 0 Å². The molecule has 0 bridgehead atoms. The van der Waals surface area contributed by atoms with Crippen molar-refractivity contribution in [1.29, 1.82) is 0 Å². The van der Waals surface area contributed by atoms with Gasteiger partial charge in [-0.25, -0.2) is 0 Å². The molecule has 2 aliphatic rings. The number of hydrogen-bond donors (Lipinski definition) is 0. The largest absolute Gasteiger partial charge is 0.339 e. The lowest BCUT2D eigenvalue weighted by molar-refractivity contribution is 0.359. The van der Waals surface area contributed by atoms with Gasteiger partial charge in [0.1, 0.15) is 0 Å². The molecule has 116 valence electrons. The van der Waals surface area contributed by atoms with E-state index in [0.29, 0.717) is 11.3 Å². The molecule has 2 fully saturated rings. The maximum Gasteiger partial charge on any atom is 0.230 e. The lowest BCUT2D eigenvalue weighted by Crippen LogP contribution is -2.04. The van der Waals surface area contributed by atoms with E-state index < -0.39 is 0 Å². The highest BCUT2D eigenvalue weighted by molar-refractivity contribution is 5.53. The Hall–Kier alpha value is -1.64. The highest BCUT2D eigenvalue weighted by Gasteiger charge is 2.68. The van der Waals surface area contributed by atoms with E-state index in [2.05, 4.69) is 19.0 Å². The van der Waals surface area contributed by atoms with Gasteiger partial charge in [-0.15, -0.1) is 0 Å². The van der Waals surface area contributed by atoms with E-state index in [1.807, 2.05) is 30.3 Å². The minimum atomic E-state index is 0.468. The Morgan fingerprint density at radius 3 is 2.64 bits per heavy atom. The molecule has 2 aliphatic carbocycles. The zero-order chi connectivity index (χ0) is 15.2. The normalized spacial score (nSPS) is 27.2. The average molecular weight is 296 g/mol. The molecule has 1 aromatic heterocycles. The number of benzene rings is 1. The molecule has 3 atom stereocenters. The second kappa shape index (κ2) is 5.22. The van der Waals surface area contributed by atoms with Gasteiger partial charge in [0.05, 0.1) is 0 Å². The van der Waals surface area contributed by atoms with Gasteiger partial charge in [-0.1, -0.05) is 68.6 Å². The van der Waals surface area contributed by atoms with Crippen LogP contribution in [0.15, 0.2) is 34.9 Å². The van der Waals surface area contributed by atoms with E-state index in [1.54, 1.807) is 0 Å². The SMILES string of the molecule is CCC(C)C1C(c2nc(-c3ccccc3)no2)C12CCCC2. The van der Waals surface area contributed by atoms with Gasteiger partial charge < -0.3 is 4.52 Å². The van der Waals surface area contributed by atoms with Gasteiger partial charge in [-0.05, 0) is 30.1 Å².